The van der Waals surface area contributed by atoms with E-state index in [9.17, 15) is 65.8 Å². The molecule has 0 bridgehead atoms. The van der Waals surface area contributed by atoms with Gasteiger partial charge in [0.2, 0.25) is 6.29 Å². The number of allylic oxidation sites excluding steroid dienone is 2. The molecule has 19 nitrogen and oxygen atoms in total. The molecule has 4 saturated carbocycles. The molecule has 19 heteroatoms. The molecule has 11 N–H and O–H groups in total. The van der Waals surface area contributed by atoms with Gasteiger partial charge in [0.15, 0.2) is 18.7 Å². The van der Waals surface area contributed by atoms with E-state index in [-0.39, 0.29) is 39.4 Å². The summed E-state index contributed by atoms with van der Waals surface area (Å²) in [6, 6.07) is 0. The van der Waals surface area contributed by atoms with Gasteiger partial charge in [0.05, 0.1) is 24.7 Å². The maximum absolute atomic E-state index is 14.7. The average molecular weight is 957 g/mol. The van der Waals surface area contributed by atoms with Crippen molar-refractivity contribution in [2.75, 3.05) is 13.2 Å². The predicted octanol–water partition coefficient (Wildman–Crippen LogP) is 0.233. The first-order chi connectivity index (χ1) is 31.2. The summed E-state index contributed by atoms with van der Waals surface area (Å²) in [5, 5.41) is 115. The zero-order valence-electron chi connectivity index (χ0n) is 39.7. The summed E-state index contributed by atoms with van der Waals surface area (Å²) >= 11 is 0. The van der Waals surface area contributed by atoms with Gasteiger partial charge in [-0.1, -0.05) is 60.1 Å². The van der Waals surface area contributed by atoms with Gasteiger partial charge in [0, 0.05) is 0 Å². The molecule has 8 rings (SSSR count). The van der Waals surface area contributed by atoms with E-state index in [1.165, 1.54) is 5.57 Å². The van der Waals surface area contributed by atoms with Crippen molar-refractivity contribution in [2.24, 2.45) is 50.2 Å². The number of hydrogen-bond donors (Lipinski definition) is 11. The Bertz CT molecular complexity index is 1870. The number of aliphatic hydroxyl groups is 10. The number of carbonyl (C=O) groups excluding carboxylic acids is 1. The third-order valence-electron chi connectivity index (χ3n) is 19.3. The molecular formula is C48H76O19. The molecule has 7 fully saturated rings. The Morgan fingerprint density at radius 2 is 1.24 bits per heavy atom. The Balaban J connectivity index is 1.05. The van der Waals surface area contributed by atoms with E-state index in [4.69, 9.17) is 28.4 Å². The topological polar surface area (TPSA) is 312 Å². The Morgan fingerprint density at radius 1 is 0.642 bits per heavy atom. The lowest BCUT2D eigenvalue weighted by atomic mass is 9.33. The van der Waals surface area contributed by atoms with Gasteiger partial charge in [0.25, 0.3) is 0 Å². The number of fused-ring (bicyclic) bond motifs is 7. The highest BCUT2D eigenvalue weighted by Crippen LogP contribution is 2.76. The van der Waals surface area contributed by atoms with Crippen LogP contribution < -0.4 is 0 Å². The normalized spacial score (nSPS) is 52.6. The summed E-state index contributed by atoms with van der Waals surface area (Å²) in [4.78, 5) is 27.0. The molecule has 0 aromatic rings. The van der Waals surface area contributed by atoms with Crippen LogP contribution in [0.15, 0.2) is 11.6 Å². The second-order valence-electron chi connectivity index (χ2n) is 23.5. The number of hydrogen-bond acceptors (Lipinski definition) is 18. The molecule has 3 saturated heterocycles. The average Bonchev–Trinajstić information content (AvgIpc) is 3.26. The molecule has 23 atom stereocenters. The second-order valence-corrected chi connectivity index (χ2v) is 23.5. The van der Waals surface area contributed by atoms with E-state index < -0.39 is 134 Å². The van der Waals surface area contributed by atoms with Crippen molar-refractivity contribution < 1.29 is 94.2 Å². The van der Waals surface area contributed by atoms with E-state index in [0.717, 1.165) is 38.5 Å². The van der Waals surface area contributed by atoms with Crippen LogP contribution in [0.2, 0.25) is 0 Å². The number of ether oxygens (including phenoxy) is 6. The molecule has 0 radical (unpaired) electrons. The highest BCUT2D eigenvalue weighted by molar-refractivity contribution is 5.79. The third kappa shape index (κ3) is 8.06. The van der Waals surface area contributed by atoms with Crippen molar-refractivity contribution in [1.29, 1.82) is 0 Å². The van der Waals surface area contributed by atoms with Crippen LogP contribution >= 0.6 is 0 Å². The number of aliphatic hydroxyl groups excluding tert-OH is 10. The zero-order chi connectivity index (χ0) is 49.1. The first-order valence-electron chi connectivity index (χ1n) is 24.3. The van der Waals surface area contributed by atoms with Crippen molar-refractivity contribution >= 4 is 11.9 Å². The van der Waals surface area contributed by atoms with Gasteiger partial charge >= 0.3 is 11.9 Å². The van der Waals surface area contributed by atoms with Crippen LogP contribution in [-0.2, 0) is 38.0 Å². The summed E-state index contributed by atoms with van der Waals surface area (Å²) in [7, 11) is 0. The SMILES string of the molecule is CC1(C)CC[C@@]2(C(=O)O[C@@H]3O[C@H](CO)[C@@H](O)[C@H](O)[C@H]3O)CC[C@@]3(C)C(=CC[C@H]4[C@]5(C)CC[C@@H](O[C@@H]6O[C@H](C(=O)O)[C@@H](O)[C@H](O)[C@H]6O[C@@H]6O[C@H](CO)[C@@H](O)[C@H](O)[C@H]6O)C(C)(C)[C@H]5CC[C@@]43C)[C@H]2C1. The molecule has 3 heterocycles. The molecule has 67 heavy (non-hydrogen) atoms. The third-order valence-corrected chi connectivity index (χ3v) is 19.3. The molecule has 5 aliphatic carbocycles. The van der Waals surface area contributed by atoms with E-state index in [1.807, 2.05) is 0 Å². The summed E-state index contributed by atoms with van der Waals surface area (Å²) in [6.07, 6.45) is -16.4. The van der Waals surface area contributed by atoms with Gasteiger partial charge in [-0.25, -0.2) is 4.79 Å². The number of carbonyl (C=O) groups is 2. The van der Waals surface area contributed by atoms with Crippen molar-refractivity contribution in [3.05, 3.63) is 11.6 Å². The van der Waals surface area contributed by atoms with Gasteiger partial charge in [-0.05, 0) is 109 Å². The molecule has 382 valence electrons. The molecule has 3 aliphatic heterocycles. The smallest absolute Gasteiger partial charge is 0.335 e. The largest absolute Gasteiger partial charge is 0.479 e. The molecule has 0 aromatic carbocycles. The van der Waals surface area contributed by atoms with Crippen molar-refractivity contribution in [2.45, 2.75) is 211 Å². The van der Waals surface area contributed by atoms with Crippen LogP contribution in [0.5, 0.6) is 0 Å². The van der Waals surface area contributed by atoms with Gasteiger partial charge in [-0.3, -0.25) is 4.79 Å². The Hall–Kier alpha value is -1.92. The van der Waals surface area contributed by atoms with Crippen LogP contribution in [0, 0.1) is 50.2 Å². The molecule has 0 spiro atoms. The highest BCUT2D eigenvalue weighted by Gasteiger charge is 2.70. The fourth-order valence-corrected chi connectivity index (χ4v) is 15.0. The predicted molar refractivity (Wildman–Crippen MR) is 231 cm³/mol. The van der Waals surface area contributed by atoms with Crippen LogP contribution in [0.4, 0.5) is 0 Å². The Kier molecular flexibility index (Phi) is 13.8. The number of carboxylic acids is 1. The van der Waals surface area contributed by atoms with E-state index in [0.29, 0.717) is 25.7 Å². The zero-order valence-corrected chi connectivity index (χ0v) is 39.7. The quantitative estimate of drug-likeness (QED) is 0.0838. The molecule has 0 unspecified atom stereocenters. The van der Waals surface area contributed by atoms with E-state index in [1.54, 1.807) is 0 Å². The number of carboxylic acid groups (broad SMARTS) is 1. The van der Waals surface area contributed by atoms with Crippen molar-refractivity contribution in [1.82, 2.24) is 0 Å². The maximum atomic E-state index is 14.7. The Morgan fingerprint density at radius 3 is 1.85 bits per heavy atom. The minimum atomic E-state index is -1.98. The minimum Gasteiger partial charge on any atom is -0.479 e. The molecule has 0 amide bonds. The maximum Gasteiger partial charge on any atom is 0.335 e. The first kappa shape index (κ1) is 51.4. The Labute approximate surface area is 391 Å². The highest BCUT2D eigenvalue weighted by atomic mass is 16.8. The lowest BCUT2D eigenvalue weighted by Crippen LogP contribution is -2.67. The summed E-state index contributed by atoms with van der Waals surface area (Å²) < 4.78 is 35.7. The first-order valence-corrected chi connectivity index (χ1v) is 24.3. The van der Waals surface area contributed by atoms with Crippen LogP contribution in [0.1, 0.15) is 113 Å². The van der Waals surface area contributed by atoms with E-state index >= 15 is 0 Å². The fourth-order valence-electron chi connectivity index (χ4n) is 15.0. The lowest BCUT2D eigenvalue weighted by molar-refractivity contribution is -0.374. The van der Waals surface area contributed by atoms with Crippen LogP contribution in [0.3, 0.4) is 0 Å². The summed E-state index contributed by atoms with van der Waals surface area (Å²) in [6.45, 7) is 14.4. The molecule has 8 aliphatic rings. The molecule has 0 aromatic heterocycles. The summed E-state index contributed by atoms with van der Waals surface area (Å²) in [5.41, 5.74) is -1.05. The van der Waals surface area contributed by atoms with Crippen molar-refractivity contribution in [3.8, 4) is 0 Å². The monoisotopic (exact) mass is 956 g/mol. The van der Waals surface area contributed by atoms with Gasteiger partial charge in [-0.15, -0.1) is 0 Å². The molecular weight excluding hydrogens is 881 g/mol. The van der Waals surface area contributed by atoms with Crippen LogP contribution in [-0.4, -0.2) is 180 Å². The van der Waals surface area contributed by atoms with Crippen LogP contribution in [0.25, 0.3) is 0 Å². The van der Waals surface area contributed by atoms with Gasteiger partial charge in [-0.2, -0.15) is 0 Å². The summed E-state index contributed by atoms with van der Waals surface area (Å²) in [5.74, 6) is -1.94. The van der Waals surface area contributed by atoms with Gasteiger partial charge < -0.3 is 84.6 Å². The standard InChI is InChI=1S/C48H76O19/c1-43(2)14-16-48(42(61)67-40-35(58)31(54)29(52)24(20-50)63-40)17-15-46(6)21(22(48)18-43)8-9-26-45(5)12-11-27(44(3,4)25(45)10-13-47(26,46)7)64-41-37(33(56)32(55)36(65-41)38(59)60)66-39-34(57)30(53)28(51)23(19-49)62-39/h8,22-37,39-41,49-58H,9-20H2,1-7H3,(H,59,60)/t22-,23-,24-,25-,26+,27-,28-,29-,30+,31+,32+,33+,34-,35-,36+,37-,39+,40+,41-,45-,46+,47+,48-/m1/s1. The fraction of sp³-hybridized carbons (Fsp3) is 0.917. The van der Waals surface area contributed by atoms with Crippen molar-refractivity contribution in [3.63, 3.8) is 0 Å². The number of esters is 1. The second kappa shape index (κ2) is 18.0. The minimum absolute atomic E-state index is 0.0828. The van der Waals surface area contributed by atoms with E-state index in [2.05, 4.69) is 54.5 Å². The van der Waals surface area contributed by atoms with Gasteiger partial charge in [0.1, 0.15) is 67.1 Å². The number of rotatable bonds is 9. The lowest BCUT2D eigenvalue weighted by Gasteiger charge is -2.71. The number of aliphatic carboxylic acids is 1.